The van der Waals surface area contributed by atoms with Crippen LogP contribution in [-0.2, 0) is 9.59 Å². The van der Waals surface area contributed by atoms with Gasteiger partial charge in [-0.05, 0) is 49.1 Å². The van der Waals surface area contributed by atoms with Crippen LogP contribution in [0.5, 0.6) is 5.75 Å². The quantitative estimate of drug-likeness (QED) is 0.829. The molecule has 1 aliphatic rings. The highest BCUT2D eigenvalue weighted by Gasteiger charge is 2.40. The van der Waals surface area contributed by atoms with Crippen molar-refractivity contribution in [1.82, 2.24) is 0 Å². The van der Waals surface area contributed by atoms with E-state index in [9.17, 15) is 14.7 Å². The first-order valence-corrected chi connectivity index (χ1v) is 8.56. The molecule has 0 aromatic heterocycles. The van der Waals surface area contributed by atoms with Crippen molar-refractivity contribution in [2.75, 3.05) is 11.5 Å². The maximum absolute atomic E-state index is 12.9. The van der Waals surface area contributed by atoms with Crippen molar-refractivity contribution in [1.29, 1.82) is 0 Å². The Morgan fingerprint density at radius 2 is 1.77 bits per heavy atom. The van der Waals surface area contributed by atoms with Crippen molar-refractivity contribution in [3.05, 3.63) is 64.9 Å². The number of nitrogens with zero attached hydrogens (tertiary/aromatic N) is 1. The Morgan fingerprint density at radius 3 is 2.46 bits per heavy atom. The van der Waals surface area contributed by atoms with E-state index in [0.29, 0.717) is 23.6 Å². The van der Waals surface area contributed by atoms with Gasteiger partial charge in [0, 0.05) is 6.07 Å². The van der Waals surface area contributed by atoms with Crippen LogP contribution in [0.15, 0.2) is 48.2 Å². The summed E-state index contributed by atoms with van der Waals surface area (Å²) < 4.78 is 5.57. The van der Waals surface area contributed by atoms with E-state index in [-0.39, 0.29) is 5.57 Å². The molecule has 26 heavy (non-hydrogen) atoms. The Kier molecular flexibility index (Phi) is 4.80. The molecule has 3 rings (SSSR count). The van der Waals surface area contributed by atoms with Gasteiger partial charge in [0.2, 0.25) is 0 Å². The summed E-state index contributed by atoms with van der Waals surface area (Å²) in [4.78, 5) is 26.4. The van der Waals surface area contributed by atoms with Gasteiger partial charge in [-0.2, -0.15) is 0 Å². The van der Waals surface area contributed by atoms with E-state index in [1.54, 1.807) is 36.4 Å². The highest BCUT2D eigenvalue weighted by atomic mass is 16.5. The molecule has 5 heteroatoms. The van der Waals surface area contributed by atoms with Crippen LogP contribution in [-0.4, -0.2) is 23.5 Å². The summed E-state index contributed by atoms with van der Waals surface area (Å²) in [5.74, 6) is -1.22. The number of hydrogen-bond acceptors (Lipinski definition) is 4. The van der Waals surface area contributed by atoms with Crippen LogP contribution in [0.3, 0.4) is 0 Å². The fourth-order valence-corrected chi connectivity index (χ4v) is 2.84. The third kappa shape index (κ3) is 3.08. The number of aryl methyl sites for hydroxylation is 2. The van der Waals surface area contributed by atoms with E-state index >= 15 is 0 Å². The Balaban J connectivity index is 1.97. The summed E-state index contributed by atoms with van der Waals surface area (Å²) in [6, 6.07) is 12.2. The number of rotatable bonds is 5. The Hall–Kier alpha value is -3.08. The second-order valence-corrected chi connectivity index (χ2v) is 6.31. The molecule has 1 N–H and O–H groups in total. The molecule has 0 bridgehead atoms. The van der Waals surface area contributed by atoms with Crippen LogP contribution in [0.2, 0.25) is 0 Å². The molecule has 1 heterocycles. The van der Waals surface area contributed by atoms with E-state index in [2.05, 4.69) is 0 Å². The minimum absolute atomic E-state index is 0.0259. The monoisotopic (exact) mass is 351 g/mol. The number of ether oxygens (including phenoxy) is 1. The molecule has 0 spiro atoms. The number of amides is 2. The molecule has 0 atom stereocenters. The molecule has 0 fully saturated rings. The molecule has 0 saturated heterocycles. The van der Waals surface area contributed by atoms with Gasteiger partial charge < -0.3 is 9.84 Å². The summed E-state index contributed by atoms with van der Waals surface area (Å²) in [6.45, 7) is 6.42. The van der Waals surface area contributed by atoms with Crippen molar-refractivity contribution in [3.8, 4) is 5.75 Å². The normalized spacial score (nSPS) is 14.3. The van der Waals surface area contributed by atoms with Gasteiger partial charge in [0.25, 0.3) is 5.91 Å². The third-order valence-electron chi connectivity index (χ3n) is 4.40. The molecule has 0 aliphatic carbocycles. The number of anilines is 1. The van der Waals surface area contributed by atoms with Gasteiger partial charge in [0.1, 0.15) is 5.75 Å². The van der Waals surface area contributed by atoms with Gasteiger partial charge in [0.05, 0.1) is 17.9 Å². The lowest BCUT2D eigenvalue weighted by Crippen LogP contribution is -2.31. The van der Waals surface area contributed by atoms with Gasteiger partial charge >= 0.3 is 5.91 Å². The van der Waals surface area contributed by atoms with E-state index < -0.39 is 17.6 Å². The highest BCUT2D eigenvalue weighted by Crippen LogP contribution is 2.33. The second-order valence-electron chi connectivity index (χ2n) is 6.31. The molecule has 2 aromatic carbocycles. The smallest absolute Gasteiger partial charge is 0.301 e. The number of hydrogen-bond donors (Lipinski definition) is 1. The lowest BCUT2D eigenvalue weighted by molar-refractivity contribution is -0.121. The Bertz CT molecular complexity index is 914. The van der Waals surface area contributed by atoms with E-state index in [4.69, 9.17) is 4.74 Å². The zero-order valence-corrected chi connectivity index (χ0v) is 15.1. The summed E-state index contributed by atoms with van der Waals surface area (Å²) in [5.41, 5.74) is 2.99. The van der Waals surface area contributed by atoms with Crippen molar-refractivity contribution in [3.63, 3.8) is 0 Å². The van der Waals surface area contributed by atoms with Crippen LogP contribution in [0, 0.1) is 13.8 Å². The number of carbonyl (C=O) groups is 2. The lowest BCUT2D eigenvalue weighted by atomic mass is 10.00. The number of carbonyl (C=O) groups excluding carboxylic acids is 2. The van der Waals surface area contributed by atoms with Crippen molar-refractivity contribution in [2.45, 2.75) is 27.2 Å². The van der Waals surface area contributed by atoms with Gasteiger partial charge in [0.15, 0.2) is 5.76 Å². The van der Waals surface area contributed by atoms with E-state index in [1.807, 2.05) is 26.8 Å². The predicted octanol–water partition coefficient (Wildman–Crippen LogP) is 3.93. The first-order chi connectivity index (χ1) is 12.4. The van der Waals surface area contributed by atoms with E-state index in [1.165, 1.54) is 0 Å². The lowest BCUT2D eigenvalue weighted by Gasteiger charge is -2.16. The van der Waals surface area contributed by atoms with Crippen LogP contribution < -0.4 is 9.64 Å². The Morgan fingerprint density at radius 1 is 1.00 bits per heavy atom. The molecular weight excluding hydrogens is 330 g/mol. The number of aliphatic hydroxyl groups excluding tert-OH is 1. The number of imide groups is 1. The SMILES string of the molecule is CCCOc1cccc(N2C(=O)C(O)=C(c3ccc(C)c(C)c3)C2=O)c1. The second kappa shape index (κ2) is 7.04. The van der Waals surface area contributed by atoms with Gasteiger partial charge in [-0.3, -0.25) is 9.59 Å². The largest absolute Gasteiger partial charge is 0.502 e. The van der Waals surface area contributed by atoms with Crippen molar-refractivity contribution >= 4 is 23.1 Å². The maximum atomic E-state index is 12.9. The first-order valence-electron chi connectivity index (χ1n) is 8.56. The van der Waals surface area contributed by atoms with Gasteiger partial charge in [-0.25, -0.2) is 4.90 Å². The van der Waals surface area contributed by atoms with Gasteiger partial charge in [-0.1, -0.05) is 31.2 Å². The molecule has 2 aromatic rings. The average molecular weight is 351 g/mol. The molecule has 2 amide bonds. The zero-order chi connectivity index (χ0) is 18.8. The van der Waals surface area contributed by atoms with Crippen LogP contribution in [0.4, 0.5) is 5.69 Å². The molecule has 0 unspecified atom stereocenters. The molecule has 0 saturated carbocycles. The molecule has 5 nitrogen and oxygen atoms in total. The molecular formula is C21H21NO4. The summed E-state index contributed by atoms with van der Waals surface area (Å²) >= 11 is 0. The van der Waals surface area contributed by atoms with Crippen molar-refractivity contribution < 1.29 is 19.4 Å². The number of aliphatic hydroxyl groups is 1. The fraction of sp³-hybridized carbons (Fsp3) is 0.238. The summed E-state index contributed by atoms with van der Waals surface area (Å²) in [7, 11) is 0. The minimum Gasteiger partial charge on any atom is -0.502 e. The van der Waals surface area contributed by atoms with Gasteiger partial charge in [-0.15, -0.1) is 0 Å². The van der Waals surface area contributed by atoms with Crippen LogP contribution in [0.1, 0.15) is 30.0 Å². The van der Waals surface area contributed by atoms with Crippen LogP contribution in [0.25, 0.3) is 5.57 Å². The highest BCUT2D eigenvalue weighted by molar-refractivity contribution is 6.44. The first kappa shape index (κ1) is 17.7. The summed E-state index contributed by atoms with van der Waals surface area (Å²) in [6.07, 6.45) is 0.852. The Labute approximate surface area is 152 Å². The zero-order valence-electron chi connectivity index (χ0n) is 15.1. The standard InChI is InChI=1S/C21H21NO4/c1-4-10-26-17-7-5-6-16(12-17)22-20(24)18(19(23)21(22)25)15-9-8-13(2)14(3)11-15/h5-9,11-12,23H,4,10H2,1-3H3. The molecule has 1 aliphatic heterocycles. The minimum atomic E-state index is -0.726. The van der Waals surface area contributed by atoms with E-state index in [0.717, 1.165) is 22.4 Å². The average Bonchev–Trinajstić information content (AvgIpc) is 2.85. The number of benzene rings is 2. The molecule has 0 radical (unpaired) electrons. The third-order valence-corrected chi connectivity index (χ3v) is 4.40. The van der Waals surface area contributed by atoms with Crippen LogP contribution >= 0.6 is 0 Å². The predicted molar refractivity (Wildman–Crippen MR) is 100 cm³/mol. The van der Waals surface area contributed by atoms with Crippen molar-refractivity contribution in [2.24, 2.45) is 0 Å². The summed E-state index contributed by atoms with van der Waals surface area (Å²) in [5, 5.41) is 10.3. The molecule has 134 valence electrons. The maximum Gasteiger partial charge on any atom is 0.301 e. The topological polar surface area (TPSA) is 66.8 Å². The fourth-order valence-electron chi connectivity index (χ4n) is 2.84.